The molecule has 0 saturated heterocycles. The van der Waals surface area contributed by atoms with Crippen LogP contribution in [-0.4, -0.2) is 53.2 Å². The third-order valence-corrected chi connectivity index (χ3v) is 7.61. The third kappa shape index (κ3) is 4.77. The normalized spacial score (nSPS) is 19.1. The molecule has 2 aliphatic carbocycles. The lowest BCUT2D eigenvalue weighted by molar-refractivity contribution is -0.159. The molecular weight excluding hydrogens is 444 g/mol. The fourth-order valence-corrected chi connectivity index (χ4v) is 5.61. The van der Waals surface area contributed by atoms with Gasteiger partial charge in [-0.15, -0.1) is 0 Å². The summed E-state index contributed by atoms with van der Waals surface area (Å²) in [6, 6.07) is 16.4. The molecule has 4 rings (SSSR count). The lowest BCUT2D eigenvalue weighted by Gasteiger charge is -2.37. The number of aliphatic carboxylic acids is 1. The number of nitrogens with zero attached hydrogens (tertiary/aromatic N) is 1. The first-order valence-electron chi connectivity index (χ1n) is 12.4. The second-order valence-corrected chi connectivity index (χ2v) is 9.95. The fourth-order valence-electron chi connectivity index (χ4n) is 5.61. The van der Waals surface area contributed by atoms with E-state index in [0.29, 0.717) is 19.5 Å². The van der Waals surface area contributed by atoms with Crippen molar-refractivity contribution >= 4 is 18.0 Å². The molecule has 186 valence electrons. The molecule has 2 aliphatic rings. The Labute approximate surface area is 206 Å². The zero-order valence-electron chi connectivity index (χ0n) is 20.6. The number of carboxylic acid groups (broad SMARTS) is 1. The minimum absolute atomic E-state index is 0.00896. The summed E-state index contributed by atoms with van der Waals surface area (Å²) < 4.78 is 5.63. The molecule has 0 radical (unpaired) electrons. The molecule has 0 aliphatic heterocycles. The molecule has 0 bridgehead atoms. The third-order valence-electron chi connectivity index (χ3n) is 7.61. The number of fused-ring (bicyclic) bond motifs is 3. The highest BCUT2D eigenvalue weighted by molar-refractivity contribution is 5.88. The van der Waals surface area contributed by atoms with Gasteiger partial charge in [-0.1, -0.05) is 55.0 Å². The quantitative estimate of drug-likeness (QED) is 0.576. The standard InChI is InChI=1S/C28H34N2O5/c1-4-30(28(2,3)26(32)33)25(31)19-15-9-10-18(19)16-29-27(34)35-17-24-22-13-7-5-11-20(22)21-12-6-8-14-23(21)24/h5-8,11-14,18-19,24H,4,9-10,15-17H2,1-3H3,(H,29,34)(H,32,33)/t18-,19-/m1/s1. The number of carbonyl (C=O) groups is 3. The minimum atomic E-state index is -1.28. The van der Waals surface area contributed by atoms with Crippen LogP contribution in [0.4, 0.5) is 4.79 Å². The zero-order valence-corrected chi connectivity index (χ0v) is 20.6. The van der Waals surface area contributed by atoms with E-state index >= 15 is 0 Å². The van der Waals surface area contributed by atoms with Gasteiger partial charge in [-0.05, 0) is 61.8 Å². The maximum absolute atomic E-state index is 13.2. The van der Waals surface area contributed by atoms with Crippen molar-refractivity contribution in [3.63, 3.8) is 0 Å². The number of carbonyl (C=O) groups excluding carboxylic acids is 2. The monoisotopic (exact) mass is 478 g/mol. The van der Waals surface area contributed by atoms with Crippen LogP contribution in [0.3, 0.4) is 0 Å². The highest BCUT2D eigenvalue weighted by atomic mass is 16.5. The Bertz CT molecular complexity index is 1070. The lowest BCUT2D eigenvalue weighted by Crippen LogP contribution is -2.55. The minimum Gasteiger partial charge on any atom is -0.480 e. The van der Waals surface area contributed by atoms with Gasteiger partial charge < -0.3 is 20.1 Å². The van der Waals surface area contributed by atoms with Gasteiger partial charge in [-0.3, -0.25) is 4.79 Å². The summed E-state index contributed by atoms with van der Waals surface area (Å²) in [6.07, 6.45) is 1.88. The van der Waals surface area contributed by atoms with E-state index in [0.717, 1.165) is 24.0 Å². The molecule has 7 nitrogen and oxygen atoms in total. The van der Waals surface area contributed by atoms with Gasteiger partial charge in [0.15, 0.2) is 0 Å². The molecule has 1 saturated carbocycles. The first-order chi connectivity index (χ1) is 16.8. The molecule has 2 amide bonds. The van der Waals surface area contributed by atoms with Gasteiger partial charge >= 0.3 is 12.1 Å². The van der Waals surface area contributed by atoms with E-state index in [2.05, 4.69) is 29.6 Å². The Hall–Kier alpha value is -3.35. The second-order valence-electron chi connectivity index (χ2n) is 9.95. The second kappa shape index (κ2) is 10.1. The molecule has 0 heterocycles. The molecule has 2 atom stereocenters. The van der Waals surface area contributed by atoms with Gasteiger partial charge in [0.1, 0.15) is 12.1 Å². The van der Waals surface area contributed by atoms with E-state index in [4.69, 9.17) is 4.74 Å². The zero-order chi connectivity index (χ0) is 25.2. The molecule has 0 unspecified atom stereocenters. The number of amides is 2. The van der Waals surface area contributed by atoms with E-state index in [1.165, 1.54) is 16.0 Å². The van der Waals surface area contributed by atoms with Crippen molar-refractivity contribution in [2.45, 2.75) is 51.5 Å². The number of carboxylic acids is 1. The first-order valence-corrected chi connectivity index (χ1v) is 12.4. The highest BCUT2D eigenvalue weighted by Gasteiger charge is 2.43. The summed E-state index contributed by atoms with van der Waals surface area (Å²) in [5.74, 6) is -1.54. The van der Waals surface area contributed by atoms with Gasteiger partial charge in [0.25, 0.3) is 0 Å². The number of likely N-dealkylation sites (N-methyl/N-ethyl adjacent to an activating group) is 1. The van der Waals surface area contributed by atoms with Crippen LogP contribution in [0.2, 0.25) is 0 Å². The van der Waals surface area contributed by atoms with Crippen molar-refractivity contribution in [3.05, 3.63) is 59.7 Å². The highest BCUT2D eigenvalue weighted by Crippen LogP contribution is 2.44. The largest absolute Gasteiger partial charge is 0.480 e. The molecule has 0 aromatic heterocycles. The summed E-state index contributed by atoms with van der Waals surface area (Å²) in [5, 5.41) is 12.4. The molecule has 35 heavy (non-hydrogen) atoms. The SMILES string of the molecule is CCN(C(=O)[C@@H]1CCC[C@@H]1CNC(=O)OCC1c2ccccc2-c2ccccc21)C(C)(C)C(=O)O. The van der Waals surface area contributed by atoms with Crippen molar-refractivity contribution in [2.75, 3.05) is 19.7 Å². The van der Waals surface area contributed by atoms with Gasteiger partial charge in [0.2, 0.25) is 5.91 Å². The van der Waals surface area contributed by atoms with Gasteiger partial charge in [-0.2, -0.15) is 0 Å². The van der Waals surface area contributed by atoms with Crippen LogP contribution in [0.15, 0.2) is 48.5 Å². The van der Waals surface area contributed by atoms with Gasteiger partial charge in [0, 0.05) is 24.9 Å². The average Bonchev–Trinajstić information content (AvgIpc) is 3.44. The Kier molecular flexibility index (Phi) is 7.15. The Morgan fingerprint density at radius 1 is 1.03 bits per heavy atom. The van der Waals surface area contributed by atoms with Crippen LogP contribution in [-0.2, 0) is 14.3 Å². The predicted molar refractivity (Wildman–Crippen MR) is 133 cm³/mol. The molecule has 7 heteroatoms. The van der Waals surface area contributed by atoms with Crippen molar-refractivity contribution in [2.24, 2.45) is 11.8 Å². The number of alkyl carbamates (subject to hydrolysis) is 1. The van der Waals surface area contributed by atoms with E-state index in [1.807, 2.05) is 24.3 Å². The van der Waals surface area contributed by atoms with E-state index < -0.39 is 17.6 Å². The topological polar surface area (TPSA) is 95.9 Å². The average molecular weight is 479 g/mol. The van der Waals surface area contributed by atoms with Crippen LogP contribution >= 0.6 is 0 Å². The van der Waals surface area contributed by atoms with E-state index in [9.17, 15) is 19.5 Å². The van der Waals surface area contributed by atoms with Crippen molar-refractivity contribution < 1.29 is 24.2 Å². The number of nitrogens with one attached hydrogen (secondary N) is 1. The summed E-state index contributed by atoms with van der Waals surface area (Å²) in [6.45, 7) is 5.79. The van der Waals surface area contributed by atoms with Gasteiger partial charge in [0.05, 0.1) is 0 Å². The number of hydrogen-bond acceptors (Lipinski definition) is 4. The Morgan fingerprint density at radius 2 is 1.63 bits per heavy atom. The van der Waals surface area contributed by atoms with Crippen LogP contribution in [0.1, 0.15) is 57.1 Å². The summed E-state index contributed by atoms with van der Waals surface area (Å²) in [4.78, 5) is 39.0. The van der Waals surface area contributed by atoms with E-state index in [-0.39, 0.29) is 30.3 Å². The number of hydrogen-bond donors (Lipinski definition) is 2. The summed E-state index contributed by atoms with van der Waals surface area (Å²) in [5.41, 5.74) is 3.38. The number of benzene rings is 2. The molecule has 2 aromatic carbocycles. The maximum Gasteiger partial charge on any atom is 0.407 e. The molecule has 0 spiro atoms. The summed E-state index contributed by atoms with van der Waals surface area (Å²) in [7, 11) is 0. The molecule has 2 N–H and O–H groups in total. The fraction of sp³-hybridized carbons (Fsp3) is 0.464. The van der Waals surface area contributed by atoms with Crippen molar-refractivity contribution in [1.82, 2.24) is 10.2 Å². The summed E-state index contributed by atoms with van der Waals surface area (Å²) >= 11 is 0. The molecular formula is C28H34N2O5. The van der Waals surface area contributed by atoms with Crippen LogP contribution in [0.25, 0.3) is 11.1 Å². The van der Waals surface area contributed by atoms with E-state index in [1.54, 1.807) is 20.8 Å². The van der Waals surface area contributed by atoms with Crippen molar-refractivity contribution in [3.8, 4) is 11.1 Å². The van der Waals surface area contributed by atoms with Crippen molar-refractivity contribution in [1.29, 1.82) is 0 Å². The maximum atomic E-state index is 13.2. The van der Waals surface area contributed by atoms with Crippen LogP contribution in [0.5, 0.6) is 0 Å². The van der Waals surface area contributed by atoms with Crippen LogP contribution < -0.4 is 5.32 Å². The molecule has 2 aromatic rings. The predicted octanol–water partition coefficient (Wildman–Crippen LogP) is 4.65. The Morgan fingerprint density at radius 3 is 2.20 bits per heavy atom. The first kappa shape index (κ1) is 24.8. The van der Waals surface area contributed by atoms with Crippen LogP contribution in [0, 0.1) is 11.8 Å². The number of rotatable bonds is 8. The lowest BCUT2D eigenvalue weighted by atomic mass is 9.92. The Balaban J connectivity index is 1.35. The number of ether oxygens (including phenoxy) is 1. The van der Waals surface area contributed by atoms with Gasteiger partial charge in [-0.25, -0.2) is 9.59 Å². The smallest absolute Gasteiger partial charge is 0.407 e. The molecule has 1 fully saturated rings.